The highest BCUT2D eigenvalue weighted by atomic mass is 32.1. The Labute approximate surface area is 116 Å². The number of benzene rings is 1. The molecule has 1 aromatic carbocycles. The van der Waals surface area contributed by atoms with Gasteiger partial charge >= 0.3 is 5.97 Å². The summed E-state index contributed by atoms with van der Waals surface area (Å²) in [5.41, 5.74) is 1.79. The first-order chi connectivity index (χ1) is 9.17. The van der Waals surface area contributed by atoms with Crippen LogP contribution in [-0.2, 0) is 10.2 Å². The summed E-state index contributed by atoms with van der Waals surface area (Å²) in [6, 6.07) is 10.4. The molecule has 0 atom stereocenters. The number of hydrogen-bond donors (Lipinski definition) is 0. The maximum Gasteiger partial charge on any atom is 0.357 e. The summed E-state index contributed by atoms with van der Waals surface area (Å²) in [6.07, 6.45) is 2.20. The first-order valence-electron chi connectivity index (χ1n) is 6.29. The Hall–Kier alpha value is -1.68. The fourth-order valence-electron chi connectivity index (χ4n) is 2.40. The molecule has 0 amide bonds. The number of methoxy groups -OCH3 is 1. The van der Waals surface area contributed by atoms with Gasteiger partial charge in [0.15, 0.2) is 5.69 Å². The minimum Gasteiger partial charge on any atom is -0.464 e. The fourth-order valence-corrected chi connectivity index (χ4v) is 3.57. The molecule has 0 saturated heterocycles. The van der Waals surface area contributed by atoms with Gasteiger partial charge in [-0.05, 0) is 25.3 Å². The summed E-state index contributed by atoms with van der Waals surface area (Å²) in [7, 11) is 1.39. The SMILES string of the molecule is COC(=O)c1nc(C2(c3ccccc3)CC2)sc1C. The standard InChI is InChI=1S/C15H15NO2S/c1-10-12(13(17)18-2)16-14(19-10)15(8-9-15)11-6-4-3-5-7-11/h3-7H,8-9H2,1-2H3. The van der Waals surface area contributed by atoms with Crippen molar-refractivity contribution < 1.29 is 9.53 Å². The third kappa shape index (κ3) is 1.96. The van der Waals surface area contributed by atoms with Crippen LogP contribution in [0.3, 0.4) is 0 Å². The van der Waals surface area contributed by atoms with Crippen molar-refractivity contribution in [2.24, 2.45) is 0 Å². The maximum atomic E-state index is 11.7. The van der Waals surface area contributed by atoms with Crippen molar-refractivity contribution in [3.63, 3.8) is 0 Å². The highest BCUT2D eigenvalue weighted by molar-refractivity contribution is 7.12. The van der Waals surface area contributed by atoms with Gasteiger partial charge in [0.05, 0.1) is 7.11 Å². The Morgan fingerprint density at radius 2 is 2.00 bits per heavy atom. The Morgan fingerprint density at radius 1 is 1.32 bits per heavy atom. The third-order valence-electron chi connectivity index (χ3n) is 3.66. The molecule has 1 heterocycles. The largest absolute Gasteiger partial charge is 0.464 e. The van der Waals surface area contributed by atoms with Crippen LogP contribution in [0.1, 0.15) is 38.8 Å². The van der Waals surface area contributed by atoms with Gasteiger partial charge in [0, 0.05) is 10.3 Å². The number of aromatic nitrogens is 1. The molecule has 2 aromatic rings. The maximum absolute atomic E-state index is 11.7. The molecular weight excluding hydrogens is 258 g/mol. The lowest BCUT2D eigenvalue weighted by molar-refractivity contribution is 0.0594. The zero-order valence-corrected chi connectivity index (χ0v) is 11.8. The van der Waals surface area contributed by atoms with E-state index < -0.39 is 0 Å². The van der Waals surface area contributed by atoms with Crippen LogP contribution in [0.4, 0.5) is 0 Å². The molecule has 1 fully saturated rings. The van der Waals surface area contributed by atoms with E-state index in [1.165, 1.54) is 12.7 Å². The Kier molecular flexibility index (Phi) is 2.90. The summed E-state index contributed by atoms with van der Waals surface area (Å²) in [4.78, 5) is 17.1. The van der Waals surface area contributed by atoms with E-state index in [2.05, 4.69) is 29.2 Å². The fraction of sp³-hybridized carbons (Fsp3) is 0.333. The second-order valence-corrected chi connectivity index (χ2v) is 6.07. The molecule has 1 aromatic heterocycles. The Balaban J connectivity index is 2.02. The molecule has 0 N–H and O–H groups in total. The van der Waals surface area contributed by atoms with Crippen LogP contribution in [-0.4, -0.2) is 18.1 Å². The number of carbonyl (C=O) groups excluding carboxylic acids is 1. The summed E-state index contributed by atoms with van der Waals surface area (Å²) in [6.45, 7) is 1.93. The highest BCUT2D eigenvalue weighted by Gasteiger charge is 2.48. The molecule has 98 valence electrons. The van der Waals surface area contributed by atoms with E-state index in [4.69, 9.17) is 4.74 Å². The number of esters is 1. The van der Waals surface area contributed by atoms with Crippen molar-refractivity contribution >= 4 is 17.3 Å². The molecule has 0 bridgehead atoms. The Bertz CT molecular complexity index is 614. The summed E-state index contributed by atoms with van der Waals surface area (Å²) >= 11 is 1.61. The van der Waals surface area contributed by atoms with Crippen molar-refractivity contribution in [2.75, 3.05) is 7.11 Å². The lowest BCUT2D eigenvalue weighted by Gasteiger charge is -2.11. The van der Waals surface area contributed by atoms with Gasteiger partial charge in [-0.25, -0.2) is 9.78 Å². The molecular formula is C15H15NO2S. The van der Waals surface area contributed by atoms with Crippen LogP contribution in [0.15, 0.2) is 30.3 Å². The molecule has 0 spiro atoms. The van der Waals surface area contributed by atoms with Gasteiger partial charge in [-0.1, -0.05) is 30.3 Å². The van der Waals surface area contributed by atoms with Crippen LogP contribution in [0.25, 0.3) is 0 Å². The van der Waals surface area contributed by atoms with Gasteiger partial charge in [0.25, 0.3) is 0 Å². The smallest absolute Gasteiger partial charge is 0.357 e. The van der Waals surface area contributed by atoms with Crippen molar-refractivity contribution in [1.82, 2.24) is 4.98 Å². The number of carbonyl (C=O) groups is 1. The minimum absolute atomic E-state index is 0.0307. The van der Waals surface area contributed by atoms with Crippen molar-refractivity contribution in [1.29, 1.82) is 0 Å². The lowest BCUT2D eigenvalue weighted by Crippen LogP contribution is -2.09. The van der Waals surface area contributed by atoms with Crippen LogP contribution in [0.5, 0.6) is 0 Å². The van der Waals surface area contributed by atoms with Crippen LogP contribution in [0, 0.1) is 6.92 Å². The van der Waals surface area contributed by atoms with Gasteiger partial charge in [-0.15, -0.1) is 11.3 Å². The van der Waals surface area contributed by atoms with E-state index in [0.29, 0.717) is 5.69 Å². The van der Waals surface area contributed by atoms with Gasteiger partial charge < -0.3 is 4.74 Å². The van der Waals surface area contributed by atoms with E-state index in [0.717, 1.165) is 22.7 Å². The molecule has 1 saturated carbocycles. The van der Waals surface area contributed by atoms with E-state index in [-0.39, 0.29) is 11.4 Å². The van der Waals surface area contributed by atoms with Crippen molar-refractivity contribution in [2.45, 2.75) is 25.2 Å². The van der Waals surface area contributed by atoms with Gasteiger partial charge in [0.2, 0.25) is 0 Å². The van der Waals surface area contributed by atoms with Crippen LogP contribution in [0.2, 0.25) is 0 Å². The summed E-state index contributed by atoms with van der Waals surface area (Å²) in [5.74, 6) is -0.344. The van der Waals surface area contributed by atoms with Crippen LogP contribution >= 0.6 is 11.3 Å². The van der Waals surface area contributed by atoms with Crippen LogP contribution < -0.4 is 0 Å². The number of thiazole rings is 1. The average molecular weight is 273 g/mol. The van der Waals surface area contributed by atoms with E-state index in [1.807, 2.05) is 13.0 Å². The number of aryl methyl sites for hydroxylation is 1. The zero-order chi connectivity index (χ0) is 13.5. The molecule has 4 heteroatoms. The molecule has 3 rings (SSSR count). The van der Waals surface area contributed by atoms with E-state index in [1.54, 1.807) is 11.3 Å². The quantitative estimate of drug-likeness (QED) is 0.805. The Morgan fingerprint density at radius 3 is 2.58 bits per heavy atom. The summed E-state index contributed by atoms with van der Waals surface area (Å²) < 4.78 is 4.77. The lowest BCUT2D eigenvalue weighted by atomic mass is 9.97. The normalized spacial score (nSPS) is 16.1. The van der Waals surface area contributed by atoms with Gasteiger partial charge in [-0.3, -0.25) is 0 Å². The topological polar surface area (TPSA) is 39.2 Å². The van der Waals surface area contributed by atoms with E-state index >= 15 is 0 Å². The number of ether oxygens (including phenoxy) is 1. The first kappa shape index (κ1) is 12.4. The van der Waals surface area contributed by atoms with Crippen molar-refractivity contribution in [3.05, 3.63) is 51.5 Å². The molecule has 0 aliphatic heterocycles. The molecule has 3 nitrogen and oxygen atoms in total. The summed E-state index contributed by atoms with van der Waals surface area (Å²) in [5, 5.41) is 1.04. The average Bonchev–Trinajstić information content (AvgIpc) is 3.17. The second-order valence-electron chi connectivity index (χ2n) is 4.86. The van der Waals surface area contributed by atoms with Crippen molar-refractivity contribution in [3.8, 4) is 0 Å². The van der Waals surface area contributed by atoms with Gasteiger partial charge in [-0.2, -0.15) is 0 Å². The highest BCUT2D eigenvalue weighted by Crippen LogP contribution is 2.54. The minimum atomic E-state index is -0.344. The second kappa shape index (κ2) is 4.46. The molecule has 1 aliphatic carbocycles. The molecule has 19 heavy (non-hydrogen) atoms. The monoisotopic (exact) mass is 273 g/mol. The third-order valence-corrected chi connectivity index (χ3v) is 4.84. The molecule has 0 radical (unpaired) electrons. The number of rotatable bonds is 3. The molecule has 0 unspecified atom stereocenters. The molecule has 1 aliphatic rings. The van der Waals surface area contributed by atoms with Gasteiger partial charge in [0.1, 0.15) is 5.01 Å². The zero-order valence-electron chi connectivity index (χ0n) is 11.0. The number of hydrogen-bond acceptors (Lipinski definition) is 4. The number of nitrogens with zero attached hydrogens (tertiary/aromatic N) is 1. The van der Waals surface area contributed by atoms with E-state index in [9.17, 15) is 4.79 Å². The first-order valence-corrected chi connectivity index (χ1v) is 7.11. The predicted molar refractivity (Wildman–Crippen MR) is 74.6 cm³/mol. The predicted octanol–water partition coefficient (Wildman–Crippen LogP) is 3.32.